The highest BCUT2D eigenvalue weighted by atomic mass is 16.2. The quantitative estimate of drug-likeness (QED) is 0.829. The van der Waals surface area contributed by atoms with Crippen molar-refractivity contribution in [3.63, 3.8) is 0 Å². The van der Waals surface area contributed by atoms with Crippen LogP contribution in [0.3, 0.4) is 0 Å². The second-order valence-corrected chi connectivity index (χ2v) is 5.72. The lowest BCUT2D eigenvalue weighted by molar-refractivity contribution is -0.132. The summed E-state index contributed by atoms with van der Waals surface area (Å²) in [6.45, 7) is 4.63. The van der Waals surface area contributed by atoms with Gasteiger partial charge in [0.1, 0.15) is 5.82 Å². The summed E-state index contributed by atoms with van der Waals surface area (Å²) in [5.41, 5.74) is 0.948. The van der Waals surface area contributed by atoms with Crippen LogP contribution in [0.1, 0.15) is 50.8 Å². The highest BCUT2D eigenvalue weighted by Crippen LogP contribution is 2.30. The van der Waals surface area contributed by atoms with Crippen LogP contribution in [0.25, 0.3) is 0 Å². The zero-order chi connectivity index (χ0) is 13.9. The highest BCUT2D eigenvalue weighted by Gasteiger charge is 2.27. The number of carbonyl (C=O) groups is 1. The number of amides is 1. The largest absolute Gasteiger partial charge is 0.355 e. The van der Waals surface area contributed by atoms with Crippen LogP contribution in [-0.4, -0.2) is 40.4 Å². The Bertz CT molecular complexity index is 485. The van der Waals surface area contributed by atoms with Crippen LogP contribution in [0.2, 0.25) is 0 Å². The molecule has 1 atom stereocenters. The van der Waals surface area contributed by atoms with Gasteiger partial charge in [-0.2, -0.15) is 0 Å². The van der Waals surface area contributed by atoms with Crippen LogP contribution in [0.5, 0.6) is 0 Å². The molecule has 5 heteroatoms. The first-order valence-electron chi connectivity index (χ1n) is 7.60. The van der Waals surface area contributed by atoms with E-state index in [4.69, 9.17) is 4.98 Å². The van der Waals surface area contributed by atoms with Crippen LogP contribution in [0.15, 0.2) is 12.4 Å². The fourth-order valence-electron chi connectivity index (χ4n) is 3.25. The molecule has 1 aromatic heterocycles. The number of aromatic nitrogens is 2. The van der Waals surface area contributed by atoms with Crippen molar-refractivity contribution in [1.82, 2.24) is 14.9 Å². The molecule has 2 saturated heterocycles. The van der Waals surface area contributed by atoms with E-state index < -0.39 is 0 Å². The molecule has 1 aromatic rings. The Labute approximate surface area is 120 Å². The van der Waals surface area contributed by atoms with E-state index in [0.29, 0.717) is 0 Å². The number of piperidine rings is 1. The molecule has 0 aliphatic carbocycles. The molecular weight excluding hydrogens is 252 g/mol. The van der Waals surface area contributed by atoms with E-state index in [9.17, 15) is 4.79 Å². The van der Waals surface area contributed by atoms with Gasteiger partial charge in [-0.3, -0.25) is 9.78 Å². The SMILES string of the molecule is CC(=O)N1CCCCC1c1cncc(N2CCCC2)n1. The van der Waals surface area contributed by atoms with E-state index >= 15 is 0 Å². The van der Waals surface area contributed by atoms with Gasteiger partial charge in [-0.1, -0.05) is 0 Å². The number of carbonyl (C=O) groups excluding carboxylic acids is 1. The molecule has 0 bridgehead atoms. The molecule has 0 spiro atoms. The summed E-state index contributed by atoms with van der Waals surface area (Å²) in [5, 5.41) is 0. The van der Waals surface area contributed by atoms with Crippen LogP contribution in [-0.2, 0) is 4.79 Å². The average molecular weight is 274 g/mol. The van der Waals surface area contributed by atoms with Crippen molar-refractivity contribution in [3.8, 4) is 0 Å². The third-order valence-corrected chi connectivity index (χ3v) is 4.32. The van der Waals surface area contributed by atoms with Crippen molar-refractivity contribution in [1.29, 1.82) is 0 Å². The van der Waals surface area contributed by atoms with E-state index in [-0.39, 0.29) is 11.9 Å². The van der Waals surface area contributed by atoms with Crippen LogP contribution >= 0.6 is 0 Å². The zero-order valence-corrected chi connectivity index (χ0v) is 12.1. The minimum absolute atomic E-state index is 0.108. The summed E-state index contributed by atoms with van der Waals surface area (Å²) in [6.07, 6.45) is 9.38. The number of hydrogen-bond acceptors (Lipinski definition) is 4. The van der Waals surface area contributed by atoms with Crippen molar-refractivity contribution < 1.29 is 4.79 Å². The summed E-state index contributed by atoms with van der Waals surface area (Å²) in [6, 6.07) is 0.108. The fourth-order valence-corrected chi connectivity index (χ4v) is 3.25. The Morgan fingerprint density at radius 2 is 1.90 bits per heavy atom. The Balaban J connectivity index is 1.84. The van der Waals surface area contributed by atoms with Crippen molar-refractivity contribution in [2.24, 2.45) is 0 Å². The standard InChI is InChI=1S/C15H22N4O/c1-12(20)19-9-3-2-6-14(19)13-10-16-11-15(17-13)18-7-4-5-8-18/h10-11,14H,2-9H2,1H3. The minimum Gasteiger partial charge on any atom is -0.355 e. The zero-order valence-electron chi connectivity index (χ0n) is 12.1. The maximum atomic E-state index is 11.8. The number of anilines is 1. The van der Waals surface area contributed by atoms with E-state index in [1.807, 2.05) is 17.3 Å². The molecule has 3 rings (SSSR count). The van der Waals surface area contributed by atoms with E-state index in [2.05, 4.69) is 9.88 Å². The van der Waals surface area contributed by atoms with Crippen molar-refractivity contribution >= 4 is 11.7 Å². The molecule has 0 N–H and O–H groups in total. The van der Waals surface area contributed by atoms with E-state index in [1.165, 1.54) is 12.8 Å². The van der Waals surface area contributed by atoms with Crippen LogP contribution < -0.4 is 4.90 Å². The predicted octanol–water partition coefficient (Wildman–Crippen LogP) is 2.15. The Morgan fingerprint density at radius 1 is 1.15 bits per heavy atom. The fraction of sp³-hybridized carbons (Fsp3) is 0.667. The Morgan fingerprint density at radius 3 is 2.65 bits per heavy atom. The molecule has 2 aliphatic heterocycles. The lowest BCUT2D eigenvalue weighted by atomic mass is 9.99. The monoisotopic (exact) mass is 274 g/mol. The van der Waals surface area contributed by atoms with Gasteiger partial charge >= 0.3 is 0 Å². The first-order chi connectivity index (χ1) is 9.75. The van der Waals surface area contributed by atoms with Gasteiger partial charge in [-0.05, 0) is 32.1 Å². The summed E-state index contributed by atoms with van der Waals surface area (Å²) in [7, 11) is 0. The predicted molar refractivity (Wildman–Crippen MR) is 77.5 cm³/mol. The topological polar surface area (TPSA) is 49.3 Å². The average Bonchev–Trinajstić information content (AvgIpc) is 3.01. The molecule has 1 amide bonds. The summed E-state index contributed by atoms with van der Waals surface area (Å²) in [4.78, 5) is 25.2. The van der Waals surface area contributed by atoms with Crippen LogP contribution in [0, 0.1) is 0 Å². The molecule has 2 fully saturated rings. The van der Waals surface area contributed by atoms with Gasteiger partial charge in [0.15, 0.2) is 0 Å². The maximum absolute atomic E-state index is 11.8. The molecule has 0 radical (unpaired) electrons. The number of likely N-dealkylation sites (tertiary alicyclic amines) is 1. The lowest BCUT2D eigenvalue weighted by Gasteiger charge is -2.34. The van der Waals surface area contributed by atoms with Crippen LogP contribution in [0.4, 0.5) is 5.82 Å². The molecule has 0 aromatic carbocycles. The first-order valence-corrected chi connectivity index (χ1v) is 7.60. The number of rotatable bonds is 2. The maximum Gasteiger partial charge on any atom is 0.220 e. The van der Waals surface area contributed by atoms with Gasteiger partial charge in [0.2, 0.25) is 5.91 Å². The first kappa shape index (κ1) is 13.3. The summed E-state index contributed by atoms with van der Waals surface area (Å²) in [5.74, 6) is 1.11. The third kappa shape index (κ3) is 2.62. The molecule has 1 unspecified atom stereocenters. The van der Waals surface area contributed by atoms with Gasteiger partial charge in [0.05, 0.1) is 24.1 Å². The van der Waals surface area contributed by atoms with Gasteiger partial charge < -0.3 is 9.80 Å². The molecule has 3 heterocycles. The molecular formula is C15H22N4O. The van der Waals surface area contributed by atoms with Crippen molar-refractivity contribution in [2.45, 2.75) is 45.1 Å². The number of nitrogens with zero attached hydrogens (tertiary/aromatic N) is 4. The lowest BCUT2D eigenvalue weighted by Crippen LogP contribution is -2.37. The number of hydrogen-bond donors (Lipinski definition) is 0. The summed E-state index contributed by atoms with van der Waals surface area (Å²) >= 11 is 0. The van der Waals surface area contributed by atoms with Gasteiger partial charge in [-0.25, -0.2) is 4.98 Å². The van der Waals surface area contributed by atoms with E-state index in [1.54, 1.807) is 6.92 Å². The van der Waals surface area contributed by atoms with Gasteiger partial charge in [0, 0.05) is 26.6 Å². The second-order valence-electron chi connectivity index (χ2n) is 5.72. The Hall–Kier alpha value is -1.65. The van der Waals surface area contributed by atoms with Gasteiger partial charge in [-0.15, -0.1) is 0 Å². The highest BCUT2D eigenvalue weighted by molar-refractivity contribution is 5.73. The van der Waals surface area contributed by atoms with Crippen molar-refractivity contribution in [3.05, 3.63) is 18.1 Å². The smallest absolute Gasteiger partial charge is 0.220 e. The molecule has 20 heavy (non-hydrogen) atoms. The molecule has 0 saturated carbocycles. The molecule has 2 aliphatic rings. The van der Waals surface area contributed by atoms with E-state index in [0.717, 1.165) is 50.4 Å². The summed E-state index contributed by atoms with van der Waals surface area (Å²) < 4.78 is 0. The van der Waals surface area contributed by atoms with Crippen molar-refractivity contribution in [2.75, 3.05) is 24.5 Å². The third-order valence-electron chi connectivity index (χ3n) is 4.32. The molecule has 5 nitrogen and oxygen atoms in total. The minimum atomic E-state index is 0.108. The molecule has 108 valence electrons. The normalized spacial score (nSPS) is 23.1. The van der Waals surface area contributed by atoms with Gasteiger partial charge in [0.25, 0.3) is 0 Å². The second kappa shape index (κ2) is 5.77. The Kier molecular flexibility index (Phi) is 3.85.